The first-order valence-corrected chi connectivity index (χ1v) is 6.28. The first-order valence-electron chi connectivity index (χ1n) is 6.28. The smallest absolute Gasteiger partial charge is 0.159 e. The van der Waals surface area contributed by atoms with Crippen molar-refractivity contribution in [3.8, 4) is 11.4 Å². The summed E-state index contributed by atoms with van der Waals surface area (Å²) in [6.07, 6.45) is 8.59. The minimum absolute atomic E-state index is 0.599. The molecular formula is C15H13N5. The second-order valence-electron chi connectivity index (χ2n) is 4.21. The average molecular weight is 263 g/mol. The van der Waals surface area contributed by atoms with Crippen molar-refractivity contribution in [3.05, 3.63) is 67.0 Å². The topological polar surface area (TPSA) is 63.6 Å². The van der Waals surface area contributed by atoms with Crippen LogP contribution in [0.1, 0.15) is 5.69 Å². The summed E-state index contributed by atoms with van der Waals surface area (Å²) in [6.45, 7) is 0.599. The molecule has 0 aliphatic carbocycles. The third kappa shape index (κ3) is 2.95. The Bertz CT molecular complexity index is 653. The summed E-state index contributed by atoms with van der Waals surface area (Å²) >= 11 is 0. The molecule has 0 saturated heterocycles. The van der Waals surface area contributed by atoms with E-state index >= 15 is 0 Å². The van der Waals surface area contributed by atoms with Crippen molar-refractivity contribution < 1.29 is 0 Å². The fourth-order valence-electron chi connectivity index (χ4n) is 1.77. The molecule has 20 heavy (non-hydrogen) atoms. The molecule has 0 fully saturated rings. The quantitative estimate of drug-likeness (QED) is 0.783. The van der Waals surface area contributed by atoms with Crippen LogP contribution >= 0.6 is 0 Å². The Balaban J connectivity index is 1.68. The van der Waals surface area contributed by atoms with Gasteiger partial charge in [-0.15, -0.1) is 0 Å². The van der Waals surface area contributed by atoms with Crippen molar-refractivity contribution in [3.63, 3.8) is 0 Å². The number of anilines is 1. The van der Waals surface area contributed by atoms with Crippen molar-refractivity contribution in [2.75, 3.05) is 5.32 Å². The van der Waals surface area contributed by atoms with Gasteiger partial charge < -0.3 is 5.32 Å². The first kappa shape index (κ1) is 12.2. The third-order valence-corrected chi connectivity index (χ3v) is 2.77. The Labute approximate surface area is 116 Å². The van der Waals surface area contributed by atoms with E-state index < -0.39 is 0 Å². The van der Waals surface area contributed by atoms with Crippen LogP contribution in [0.3, 0.4) is 0 Å². The lowest BCUT2D eigenvalue weighted by Gasteiger charge is -2.05. The van der Waals surface area contributed by atoms with Crippen LogP contribution in [0.4, 0.5) is 5.69 Å². The monoisotopic (exact) mass is 263 g/mol. The molecule has 0 radical (unpaired) electrons. The van der Waals surface area contributed by atoms with Gasteiger partial charge in [0, 0.05) is 18.0 Å². The Morgan fingerprint density at radius 3 is 2.35 bits per heavy atom. The molecule has 1 aromatic carbocycles. The molecule has 0 aliphatic heterocycles. The van der Waals surface area contributed by atoms with Crippen LogP contribution in [0.25, 0.3) is 11.4 Å². The zero-order valence-corrected chi connectivity index (χ0v) is 10.8. The summed E-state index contributed by atoms with van der Waals surface area (Å²) in [5, 5.41) is 3.21. The molecule has 3 aromatic rings. The molecule has 5 heteroatoms. The summed E-state index contributed by atoms with van der Waals surface area (Å²) in [6, 6.07) is 9.89. The lowest BCUT2D eigenvalue weighted by Crippen LogP contribution is -2.03. The van der Waals surface area contributed by atoms with E-state index in [0.717, 1.165) is 22.8 Å². The number of hydrogen-bond donors (Lipinski definition) is 1. The number of benzene rings is 1. The van der Waals surface area contributed by atoms with Gasteiger partial charge in [-0.2, -0.15) is 0 Å². The van der Waals surface area contributed by atoms with Gasteiger partial charge in [-0.1, -0.05) is 30.3 Å². The van der Waals surface area contributed by atoms with Crippen LogP contribution in [-0.2, 0) is 6.54 Å². The van der Waals surface area contributed by atoms with Crippen LogP contribution in [-0.4, -0.2) is 19.9 Å². The molecule has 0 bridgehead atoms. The number of nitrogens with zero attached hydrogens (tertiary/aromatic N) is 4. The highest BCUT2D eigenvalue weighted by atomic mass is 15.0. The number of aromatic nitrogens is 4. The molecule has 0 unspecified atom stereocenters. The molecule has 0 aliphatic rings. The van der Waals surface area contributed by atoms with Gasteiger partial charge in [0.1, 0.15) is 0 Å². The van der Waals surface area contributed by atoms with E-state index in [0.29, 0.717) is 6.54 Å². The largest absolute Gasteiger partial charge is 0.377 e. The lowest BCUT2D eigenvalue weighted by molar-refractivity contribution is 1.00. The van der Waals surface area contributed by atoms with E-state index in [-0.39, 0.29) is 0 Å². The van der Waals surface area contributed by atoms with Crippen molar-refractivity contribution in [1.29, 1.82) is 0 Å². The van der Waals surface area contributed by atoms with Crippen LogP contribution in [0.15, 0.2) is 61.3 Å². The van der Waals surface area contributed by atoms with Crippen LogP contribution in [0, 0.1) is 0 Å². The molecule has 0 atom stereocenters. The van der Waals surface area contributed by atoms with Gasteiger partial charge in [-0.3, -0.25) is 9.97 Å². The fourth-order valence-corrected chi connectivity index (χ4v) is 1.77. The van der Waals surface area contributed by atoms with Crippen molar-refractivity contribution in [2.45, 2.75) is 6.54 Å². The predicted molar refractivity (Wildman–Crippen MR) is 76.8 cm³/mol. The summed E-state index contributed by atoms with van der Waals surface area (Å²) in [4.78, 5) is 16.9. The minimum Gasteiger partial charge on any atom is -0.377 e. The Morgan fingerprint density at radius 2 is 1.65 bits per heavy atom. The van der Waals surface area contributed by atoms with E-state index in [4.69, 9.17) is 0 Å². The Morgan fingerprint density at radius 1 is 0.850 bits per heavy atom. The highest BCUT2D eigenvalue weighted by Crippen LogP contribution is 2.14. The molecule has 1 N–H and O–H groups in total. The Kier molecular flexibility index (Phi) is 3.59. The van der Waals surface area contributed by atoms with E-state index in [9.17, 15) is 0 Å². The van der Waals surface area contributed by atoms with Gasteiger partial charge in [-0.25, -0.2) is 9.97 Å². The average Bonchev–Trinajstić information content (AvgIpc) is 2.55. The maximum absolute atomic E-state index is 4.35. The number of nitrogens with one attached hydrogen (secondary N) is 1. The fraction of sp³-hybridized carbons (Fsp3) is 0.0667. The van der Waals surface area contributed by atoms with E-state index in [1.165, 1.54) is 0 Å². The zero-order valence-electron chi connectivity index (χ0n) is 10.8. The van der Waals surface area contributed by atoms with Gasteiger partial charge in [0.25, 0.3) is 0 Å². The first-order chi connectivity index (χ1) is 9.92. The van der Waals surface area contributed by atoms with Gasteiger partial charge in [-0.05, 0) is 0 Å². The van der Waals surface area contributed by atoms with E-state index in [1.807, 2.05) is 30.3 Å². The SMILES string of the molecule is c1ccc(-c2ncc(NCc3cnccn3)cn2)cc1. The maximum atomic E-state index is 4.35. The molecule has 5 nitrogen and oxygen atoms in total. The van der Waals surface area contributed by atoms with Crippen LogP contribution in [0.5, 0.6) is 0 Å². The molecular weight excluding hydrogens is 250 g/mol. The second kappa shape index (κ2) is 5.88. The van der Waals surface area contributed by atoms with Crippen molar-refractivity contribution in [2.24, 2.45) is 0 Å². The minimum atomic E-state index is 0.599. The van der Waals surface area contributed by atoms with E-state index in [1.54, 1.807) is 31.0 Å². The summed E-state index contributed by atoms with van der Waals surface area (Å²) in [5.74, 6) is 0.718. The van der Waals surface area contributed by atoms with E-state index in [2.05, 4.69) is 25.3 Å². The molecule has 0 saturated carbocycles. The van der Waals surface area contributed by atoms with Gasteiger partial charge in [0.15, 0.2) is 5.82 Å². The summed E-state index contributed by atoms with van der Waals surface area (Å²) < 4.78 is 0. The molecule has 98 valence electrons. The lowest BCUT2D eigenvalue weighted by atomic mass is 10.2. The van der Waals surface area contributed by atoms with Crippen LogP contribution in [0.2, 0.25) is 0 Å². The maximum Gasteiger partial charge on any atom is 0.159 e. The molecule has 2 aromatic heterocycles. The normalized spacial score (nSPS) is 10.2. The summed E-state index contributed by atoms with van der Waals surface area (Å²) in [5.41, 5.74) is 2.74. The van der Waals surface area contributed by atoms with Crippen LogP contribution < -0.4 is 5.32 Å². The zero-order chi connectivity index (χ0) is 13.6. The highest BCUT2D eigenvalue weighted by Gasteiger charge is 2.00. The van der Waals surface area contributed by atoms with Gasteiger partial charge in [0.05, 0.1) is 36.5 Å². The summed E-state index contributed by atoms with van der Waals surface area (Å²) in [7, 11) is 0. The Hall–Kier alpha value is -2.82. The van der Waals surface area contributed by atoms with Crippen molar-refractivity contribution >= 4 is 5.69 Å². The van der Waals surface area contributed by atoms with Crippen molar-refractivity contribution in [1.82, 2.24) is 19.9 Å². The predicted octanol–water partition coefficient (Wildman–Crippen LogP) is 2.55. The van der Waals surface area contributed by atoms with Gasteiger partial charge in [0.2, 0.25) is 0 Å². The van der Waals surface area contributed by atoms with Gasteiger partial charge >= 0.3 is 0 Å². The third-order valence-electron chi connectivity index (χ3n) is 2.77. The standard InChI is InChI=1S/C15H13N5/c1-2-4-12(5-3-1)15-19-10-14(11-20-15)18-9-13-8-16-6-7-17-13/h1-8,10-11,18H,9H2. The number of hydrogen-bond acceptors (Lipinski definition) is 5. The molecule has 3 rings (SSSR count). The molecule has 2 heterocycles. The molecule has 0 amide bonds. The highest BCUT2D eigenvalue weighted by molar-refractivity contribution is 5.55. The number of rotatable bonds is 4. The second-order valence-corrected chi connectivity index (χ2v) is 4.21. The molecule has 0 spiro atoms.